The van der Waals surface area contributed by atoms with Crippen LogP contribution in [0.25, 0.3) is 17.1 Å². The van der Waals surface area contributed by atoms with Crippen LogP contribution >= 0.6 is 23.2 Å². The van der Waals surface area contributed by atoms with Crippen LogP contribution < -0.4 is 10.6 Å². The molecule has 184 valence electrons. The van der Waals surface area contributed by atoms with Crippen molar-refractivity contribution in [2.24, 2.45) is 0 Å². The predicted octanol–water partition coefficient (Wildman–Crippen LogP) is 4.79. The van der Waals surface area contributed by atoms with Gasteiger partial charge in [-0.3, -0.25) is 4.79 Å². The van der Waals surface area contributed by atoms with Crippen molar-refractivity contribution in [2.45, 2.75) is 19.9 Å². The summed E-state index contributed by atoms with van der Waals surface area (Å²) in [6, 6.07) is 9.38. The number of halogens is 2. The van der Waals surface area contributed by atoms with Gasteiger partial charge in [0.1, 0.15) is 0 Å². The number of nitrogens with two attached hydrogens (primary N) is 1. The lowest BCUT2D eigenvalue weighted by atomic mass is 9.92. The minimum atomic E-state index is -0.326. The lowest BCUT2D eigenvalue weighted by Gasteiger charge is -2.27. The van der Waals surface area contributed by atoms with E-state index in [-0.39, 0.29) is 11.7 Å². The van der Waals surface area contributed by atoms with Gasteiger partial charge in [0.15, 0.2) is 11.6 Å². The number of aromatic nitrogens is 4. The maximum Gasteiger partial charge on any atom is 0.261 e. The van der Waals surface area contributed by atoms with Crippen LogP contribution in [0.5, 0.6) is 0 Å². The lowest BCUT2D eigenvalue weighted by Crippen LogP contribution is -2.27. The molecule has 0 spiro atoms. The molecule has 2 N–H and O–H groups in total. The molecule has 0 radical (unpaired) electrons. The number of likely N-dealkylation sites (N-methyl/N-ethyl adjacent to an activating group) is 1. The first-order valence-electron chi connectivity index (χ1n) is 11.4. The average molecular weight is 522 g/mol. The Labute approximate surface area is 219 Å². The summed E-state index contributed by atoms with van der Waals surface area (Å²) in [4.78, 5) is 26.0. The molecule has 0 bridgehead atoms. The second-order valence-corrected chi connectivity index (χ2v) is 9.81. The summed E-state index contributed by atoms with van der Waals surface area (Å²) in [7, 11) is 3.73. The van der Waals surface area contributed by atoms with Crippen molar-refractivity contribution in [1.82, 2.24) is 24.6 Å². The molecule has 3 heterocycles. The third-order valence-electron chi connectivity index (χ3n) is 6.45. The number of anilines is 2. The molecule has 0 atom stereocenters. The molecule has 0 saturated carbocycles. The van der Waals surface area contributed by atoms with Crippen molar-refractivity contribution in [3.63, 3.8) is 0 Å². The topological polar surface area (TPSA) is 93.2 Å². The van der Waals surface area contributed by atoms with E-state index in [4.69, 9.17) is 33.9 Å². The van der Waals surface area contributed by atoms with E-state index in [2.05, 4.69) is 41.1 Å². The van der Waals surface area contributed by atoms with Gasteiger partial charge < -0.3 is 15.5 Å². The Morgan fingerprint density at radius 1 is 1.17 bits per heavy atom. The van der Waals surface area contributed by atoms with Crippen molar-refractivity contribution < 1.29 is 4.79 Å². The fraction of sp³-hybridized carbons (Fsp3) is 0.231. The Balaban J connectivity index is 1.47. The minimum Gasteiger partial charge on any atom is -0.381 e. The number of hydrogen-bond acceptors (Lipinski definition) is 6. The van der Waals surface area contributed by atoms with Crippen LogP contribution in [0.1, 0.15) is 27.0 Å². The minimum absolute atomic E-state index is 0.206. The molecule has 0 unspecified atom stereocenters. The van der Waals surface area contributed by atoms with Crippen molar-refractivity contribution in [3.8, 4) is 17.1 Å². The van der Waals surface area contributed by atoms with E-state index >= 15 is 0 Å². The molecule has 1 amide bonds. The molecule has 8 nitrogen and oxygen atoms in total. The number of hydrogen-bond donors (Lipinski definition) is 1. The molecule has 10 heteroatoms. The molecule has 5 rings (SSSR count). The number of fused-ring (bicyclic) bond motifs is 1. The Hall–Kier alpha value is -3.46. The summed E-state index contributed by atoms with van der Waals surface area (Å²) in [6.07, 6.45) is 5.72. The fourth-order valence-corrected chi connectivity index (χ4v) is 5.21. The van der Waals surface area contributed by atoms with Crippen LogP contribution in [0.4, 0.5) is 11.5 Å². The highest BCUT2D eigenvalue weighted by atomic mass is 35.5. The van der Waals surface area contributed by atoms with Gasteiger partial charge in [-0.05, 0) is 61.3 Å². The monoisotopic (exact) mass is 521 g/mol. The van der Waals surface area contributed by atoms with Crippen molar-refractivity contribution in [2.75, 3.05) is 31.3 Å². The van der Waals surface area contributed by atoms with E-state index in [1.807, 2.05) is 0 Å². The number of nitrogens with zero attached hydrogens (tertiary/aromatic N) is 6. The Bertz CT molecular complexity index is 1460. The zero-order valence-corrected chi connectivity index (χ0v) is 21.7. The van der Waals surface area contributed by atoms with Gasteiger partial charge in [0, 0.05) is 31.9 Å². The van der Waals surface area contributed by atoms with Crippen LogP contribution in [-0.2, 0) is 13.0 Å². The highest BCUT2D eigenvalue weighted by Gasteiger charge is 2.22. The van der Waals surface area contributed by atoms with E-state index in [0.29, 0.717) is 32.8 Å². The summed E-state index contributed by atoms with van der Waals surface area (Å²) in [5.74, 6) is 0.226. The number of rotatable bonds is 4. The molecule has 0 saturated heterocycles. The van der Waals surface area contributed by atoms with Gasteiger partial charge in [0.05, 0.1) is 39.4 Å². The Kier molecular flexibility index (Phi) is 6.42. The van der Waals surface area contributed by atoms with Crippen LogP contribution in [0.3, 0.4) is 0 Å². The predicted molar refractivity (Wildman–Crippen MR) is 143 cm³/mol. The largest absolute Gasteiger partial charge is 0.381 e. The molecule has 2 aromatic heterocycles. The Morgan fingerprint density at radius 2 is 1.92 bits per heavy atom. The highest BCUT2D eigenvalue weighted by Crippen LogP contribution is 2.34. The Morgan fingerprint density at radius 3 is 2.67 bits per heavy atom. The van der Waals surface area contributed by atoms with Gasteiger partial charge in [-0.25, -0.2) is 14.6 Å². The smallest absolute Gasteiger partial charge is 0.261 e. The molecule has 36 heavy (non-hydrogen) atoms. The van der Waals surface area contributed by atoms with E-state index in [1.165, 1.54) is 32.5 Å². The van der Waals surface area contributed by atoms with E-state index in [0.717, 1.165) is 25.1 Å². The van der Waals surface area contributed by atoms with Gasteiger partial charge in [-0.2, -0.15) is 5.10 Å². The van der Waals surface area contributed by atoms with E-state index in [1.54, 1.807) is 37.6 Å². The first-order valence-corrected chi connectivity index (χ1v) is 12.2. The van der Waals surface area contributed by atoms with Gasteiger partial charge in [0.25, 0.3) is 5.91 Å². The zero-order valence-electron chi connectivity index (χ0n) is 20.2. The SMILES string of the molecule is Cc1cc(-c2cnc(N)c(-n3cc(C(=O)N(C)c4c(Cl)cccc4Cl)cn3)n2)cc2c1CCN(C)C2. The van der Waals surface area contributed by atoms with Crippen LogP contribution in [-0.4, -0.2) is 51.2 Å². The quantitative estimate of drug-likeness (QED) is 0.414. The summed E-state index contributed by atoms with van der Waals surface area (Å²) >= 11 is 12.6. The molecule has 1 aliphatic rings. The lowest BCUT2D eigenvalue weighted by molar-refractivity contribution is 0.0993. The van der Waals surface area contributed by atoms with Gasteiger partial charge in [-0.1, -0.05) is 29.3 Å². The number of para-hydroxylation sites is 1. The number of aryl methyl sites for hydroxylation is 1. The number of benzene rings is 2. The average Bonchev–Trinajstić information content (AvgIpc) is 3.33. The highest BCUT2D eigenvalue weighted by molar-refractivity contribution is 6.40. The standard InChI is InChI=1S/C26H25Cl2N7O/c1-15-9-16(10-17-13-33(2)8-7-19(15)17)22-12-30-24(29)25(32-22)35-14-18(11-31-35)26(36)34(3)23-20(27)5-4-6-21(23)28/h4-6,9-12,14H,7-8,13H2,1-3H3,(H2,29,30). The fourth-order valence-electron chi connectivity index (χ4n) is 4.56. The van der Waals surface area contributed by atoms with E-state index in [9.17, 15) is 4.79 Å². The van der Waals surface area contributed by atoms with Gasteiger partial charge in [0.2, 0.25) is 0 Å². The summed E-state index contributed by atoms with van der Waals surface area (Å²) in [5, 5.41) is 5.09. The summed E-state index contributed by atoms with van der Waals surface area (Å²) in [6.45, 7) is 4.08. The molecular formula is C26H25Cl2N7O. The number of carbonyl (C=O) groups is 1. The van der Waals surface area contributed by atoms with Crippen molar-refractivity contribution in [1.29, 1.82) is 0 Å². The second-order valence-electron chi connectivity index (χ2n) is 8.99. The molecule has 0 fully saturated rings. The summed E-state index contributed by atoms with van der Waals surface area (Å²) < 4.78 is 1.46. The summed E-state index contributed by atoms with van der Waals surface area (Å²) in [5.41, 5.74) is 12.5. The second kappa shape index (κ2) is 9.54. The van der Waals surface area contributed by atoms with Crippen molar-refractivity contribution in [3.05, 3.63) is 81.2 Å². The van der Waals surface area contributed by atoms with Crippen molar-refractivity contribution >= 4 is 40.6 Å². The van der Waals surface area contributed by atoms with Gasteiger partial charge >= 0.3 is 0 Å². The molecule has 1 aliphatic heterocycles. The number of nitrogen functional groups attached to an aromatic ring is 1. The number of amides is 1. The number of carbonyl (C=O) groups excluding carboxylic acids is 1. The molecule has 4 aromatic rings. The van der Waals surface area contributed by atoms with Crippen LogP contribution in [0, 0.1) is 6.92 Å². The van der Waals surface area contributed by atoms with Crippen LogP contribution in [0.2, 0.25) is 10.0 Å². The first-order chi connectivity index (χ1) is 17.2. The third kappa shape index (κ3) is 4.43. The molecule has 2 aromatic carbocycles. The normalized spacial score (nSPS) is 13.5. The van der Waals surface area contributed by atoms with E-state index < -0.39 is 0 Å². The third-order valence-corrected chi connectivity index (χ3v) is 7.06. The first kappa shape index (κ1) is 24.2. The zero-order chi connectivity index (χ0) is 25.6. The van der Waals surface area contributed by atoms with Crippen LogP contribution in [0.15, 0.2) is 48.9 Å². The molecule has 0 aliphatic carbocycles. The maximum atomic E-state index is 13.2. The maximum absolute atomic E-state index is 13.2. The molecular weight excluding hydrogens is 497 g/mol. The van der Waals surface area contributed by atoms with Gasteiger partial charge in [-0.15, -0.1) is 0 Å².